The van der Waals surface area contributed by atoms with E-state index in [1.165, 1.54) is 0 Å². The summed E-state index contributed by atoms with van der Waals surface area (Å²) in [6.07, 6.45) is 0.853. The first-order valence-corrected chi connectivity index (χ1v) is 5.35. The summed E-state index contributed by atoms with van der Waals surface area (Å²) in [6, 6.07) is 9.21. The molecule has 3 heteroatoms. The summed E-state index contributed by atoms with van der Waals surface area (Å²) in [7, 11) is 0. The second-order valence-corrected chi connectivity index (χ2v) is 4.21. The van der Waals surface area contributed by atoms with Gasteiger partial charge in [0.25, 0.3) is 0 Å². The summed E-state index contributed by atoms with van der Waals surface area (Å²) < 4.78 is 0. The Balaban J connectivity index is 2.61. The highest BCUT2D eigenvalue weighted by atomic mass is 35.5. The lowest BCUT2D eigenvalue weighted by molar-refractivity contribution is 0.112. The summed E-state index contributed by atoms with van der Waals surface area (Å²) >= 11 is 7.48. The van der Waals surface area contributed by atoms with Gasteiger partial charge in [0, 0.05) is 21.0 Å². The molecular weight excluding hydrogens is 216 g/mol. The van der Waals surface area contributed by atoms with Crippen LogP contribution in [0.3, 0.4) is 0 Å². The highest BCUT2D eigenvalue weighted by Crippen LogP contribution is 2.29. The molecule has 0 N–H and O–H groups in total. The van der Waals surface area contributed by atoms with Crippen LogP contribution in [0.2, 0.25) is 5.02 Å². The van der Waals surface area contributed by atoms with Crippen molar-refractivity contribution in [1.82, 2.24) is 0 Å². The molecule has 14 heavy (non-hydrogen) atoms. The van der Waals surface area contributed by atoms with E-state index in [1.807, 2.05) is 23.6 Å². The van der Waals surface area contributed by atoms with Crippen molar-refractivity contribution in [2.24, 2.45) is 0 Å². The lowest BCUT2D eigenvalue weighted by Crippen LogP contribution is -1.84. The monoisotopic (exact) mass is 222 g/mol. The van der Waals surface area contributed by atoms with Crippen LogP contribution in [0.15, 0.2) is 35.7 Å². The molecular formula is C11H7ClOS. The normalized spacial score (nSPS) is 10.1. The van der Waals surface area contributed by atoms with E-state index in [9.17, 15) is 4.79 Å². The Morgan fingerprint density at radius 1 is 1.29 bits per heavy atom. The van der Waals surface area contributed by atoms with Gasteiger partial charge in [-0.15, -0.1) is 11.3 Å². The van der Waals surface area contributed by atoms with Gasteiger partial charge in [-0.05, 0) is 29.6 Å². The molecule has 0 aliphatic rings. The number of benzene rings is 1. The average molecular weight is 223 g/mol. The minimum Gasteiger partial charge on any atom is -0.298 e. The standard InChI is InChI=1S/C11H7ClOS/c12-9-4-3-8(7-13)10(6-9)11-2-1-5-14-11/h1-7H. The van der Waals surface area contributed by atoms with Crippen LogP contribution in [0.25, 0.3) is 10.4 Å². The van der Waals surface area contributed by atoms with Crippen molar-refractivity contribution < 1.29 is 4.79 Å². The predicted molar refractivity (Wildman–Crippen MR) is 60.2 cm³/mol. The zero-order chi connectivity index (χ0) is 9.97. The van der Waals surface area contributed by atoms with E-state index in [4.69, 9.17) is 11.6 Å². The van der Waals surface area contributed by atoms with Crippen molar-refractivity contribution in [1.29, 1.82) is 0 Å². The summed E-state index contributed by atoms with van der Waals surface area (Å²) in [5, 5.41) is 2.63. The molecule has 0 unspecified atom stereocenters. The van der Waals surface area contributed by atoms with Crippen LogP contribution in [-0.4, -0.2) is 6.29 Å². The summed E-state index contributed by atoms with van der Waals surface area (Å²) in [4.78, 5) is 11.9. The van der Waals surface area contributed by atoms with Crippen LogP contribution in [0, 0.1) is 0 Å². The van der Waals surface area contributed by atoms with E-state index in [0.29, 0.717) is 10.6 Å². The fourth-order valence-electron chi connectivity index (χ4n) is 1.28. The van der Waals surface area contributed by atoms with Gasteiger partial charge < -0.3 is 0 Å². The number of hydrogen-bond donors (Lipinski definition) is 0. The third kappa shape index (κ3) is 1.72. The van der Waals surface area contributed by atoms with Gasteiger partial charge in [-0.3, -0.25) is 4.79 Å². The highest BCUT2D eigenvalue weighted by molar-refractivity contribution is 7.13. The quantitative estimate of drug-likeness (QED) is 0.705. The molecule has 1 aromatic carbocycles. The summed E-state index contributed by atoms with van der Waals surface area (Å²) in [5.74, 6) is 0. The molecule has 0 fully saturated rings. The highest BCUT2D eigenvalue weighted by Gasteiger charge is 2.05. The van der Waals surface area contributed by atoms with Crippen molar-refractivity contribution in [2.75, 3.05) is 0 Å². The summed E-state index contributed by atoms with van der Waals surface area (Å²) in [6.45, 7) is 0. The van der Waals surface area contributed by atoms with Crippen LogP contribution >= 0.6 is 22.9 Å². The molecule has 0 amide bonds. The molecule has 0 saturated carbocycles. The molecule has 1 aromatic heterocycles. The SMILES string of the molecule is O=Cc1ccc(Cl)cc1-c1cccs1. The maximum Gasteiger partial charge on any atom is 0.150 e. The molecule has 0 atom stereocenters. The third-order valence-corrected chi connectivity index (χ3v) is 3.07. The van der Waals surface area contributed by atoms with Gasteiger partial charge in [-0.1, -0.05) is 17.7 Å². The molecule has 0 aliphatic heterocycles. The number of hydrogen-bond acceptors (Lipinski definition) is 2. The second-order valence-electron chi connectivity index (χ2n) is 2.83. The molecule has 0 spiro atoms. The van der Waals surface area contributed by atoms with Crippen LogP contribution in [-0.2, 0) is 0 Å². The maximum atomic E-state index is 10.8. The van der Waals surface area contributed by atoms with Crippen molar-refractivity contribution in [2.45, 2.75) is 0 Å². The van der Waals surface area contributed by atoms with Gasteiger partial charge in [-0.25, -0.2) is 0 Å². The first kappa shape index (κ1) is 9.44. The van der Waals surface area contributed by atoms with Crippen molar-refractivity contribution >= 4 is 29.2 Å². The fourth-order valence-corrected chi connectivity index (χ4v) is 2.21. The minimum atomic E-state index is 0.652. The molecule has 0 saturated heterocycles. The Hall–Kier alpha value is -1.12. The number of rotatable bonds is 2. The van der Waals surface area contributed by atoms with Gasteiger partial charge >= 0.3 is 0 Å². The molecule has 70 valence electrons. The number of thiophene rings is 1. The van der Waals surface area contributed by atoms with E-state index < -0.39 is 0 Å². The molecule has 0 radical (unpaired) electrons. The van der Waals surface area contributed by atoms with Gasteiger partial charge in [0.1, 0.15) is 0 Å². The second kappa shape index (κ2) is 3.95. The molecule has 0 aliphatic carbocycles. The van der Waals surface area contributed by atoms with E-state index in [1.54, 1.807) is 23.5 Å². The molecule has 1 nitrogen and oxygen atoms in total. The topological polar surface area (TPSA) is 17.1 Å². The Morgan fingerprint density at radius 2 is 2.14 bits per heavy atom. The predicted octanol–water partition coefficient (Wildman–Crippen LogP) is 3.88. The summed E-state index contributed by atoms with van der Waals surface area (Å²) in [5.41, 5.74) is 1.58. The minimum absolute atomic E-state index is 0.652. The van der Waals surface area contributed by atoms with E-state index in [-0.39, 0.29) is 0 Å². The average Bonchev–Trinajstić information content (AvgIpc) is 2.70. The Labute approximate surface area is 91.0 Å². The Kier molecular flexibility index (Phi) is 2.66. The van der Waals surface area contributed by atoms with Crippen LogP contribution in [0.5, 0.6) is 0 Å². The molecule has 0 bridgehead atoms. The largest absolute Gasteiger partial charge is 0.298 e. The first-order valence-electron chi connectivity index (χ1n) is 4.10. The van der Waals surface area contributed by atoms with Crippen LogP contribution < -0.4 is 0 Å². The zero-order valence-corrected chi connectivity index (χ0v) is 8.81. The zero-order valence-electron chi connectivity index (χ0n) is 7.24. The smallest absolute Gasteiger partial charge is 0.150 e. The van der Waals surface area contributed by atoms with Gasteiger partial charge in [-0.2, -0.15) is 0 Å². The van der Waals surface area contributed by atoms with E-state index in [0.717, 1.165) is 16.7 Å². The Morgan fingerprint density at radius 3 is 2.79 bits per heavy atom. The van der Waals surface area contributed by atoms with Crippen molar-refractivity contribution in [3.8, 4) is 10.4 Å². The Bertz CT molecular complexity index is 448. The van der Waals surface area contributed by atoms with Crippen molar-refractivity contribution in [3.05, 3.63) is 46.3 Å². The number of carbonyl (C=O) groups is 1. The third-order valence-electron chi connectivity index (χ3n) is 1.93. The number of carbonyl (C=O) groups excluding carboxylic acids is 1. The first-order chi connectivity index (χ1) is 6.81. The molecule has 2 aromatic rings. The van der Waals surface area contributed by atoms with Crippen molar-refractivity contribution in [3.63, 3.8) is 0 Å². The van der Waals surface area contributed by atoms with E-state index in [2.05, 4.69) is 0 Å². The van der Waals surface area contributed by atoms with E-state index >= 15 is 0 Å². The number of aldehydes is 1. The van der Waals surface area contributed by atoms with Gasteiger partial charge in [0.2, 0.25) is 0 Å². The number of halogens is 1. The molecule has 1 heterocycles. The lowest BCUT2D eigenvalue weighted by Gasteiger charge is -2.01. The van der Waals surface area contributed by atoms with Gasteiger partial charge in [0.15, 0.2) is 6.29 Å². The molecule has 2 rings (SSSR count). The van der Waals surface area contributed by atoms with Gasteiger partial charge in [0.05, 0.1) is 0 Å². The lowest BCUT2D eigenvalue weighted by atomic mass is 10.1. The van der Waals surface area contributed by atoms with Crippen LogP contribution in [0.1, 0.15) is 10.4 Å². The fraction of sp³-hybridized carbons (Fsp3) is 0. The maximum absolute atomic E-state index is 10.8. The van der Waals surface area contributed by atoms with Crippen LogP contribution in [0.4, 0.5) is 0 Å².